The molecular weight excluding hydrogens is 316 g/mol. The maximum Gasteiger partial charge on any atom is 0.128 e. The third-order valence-electron chi connectivity index (χ3n) is 5.19. The molecule has 2 saturated heterocycles. The number of anilines is 3. The molecule has 0 amide bonds. The van der Waals surface area contributed by atoms with Gasteiger partial charge in [0.1, 0.15) is 5.82 Å². The Bertz CT molecular complexity index is 697. The quantitative estimate of drug-likeness (QED) is 0.631. The minimum Gasteiger partial charge on any atom is -0.397 e. The zero-order valence-electron chi connectivity index (χ0n) is 14.3. The molecule has 0 radical (unpaired) electrons. The number of hydrogen-bond donors (Lipinski definition) is 4. The molecule has 2 aliphatic heterocycles. The van der Waals surface area contributed by atoms with Crippen LogP contribution in [0.3, 0.4) is 0 Å². The van der Waals surface area contributed by atoms with Gasteiger partial charge in [-0.2, -0.15) is 5.10 Å². The van der Waals surface area contributed by atoms with Gasteiger partial charge in [-0.15, -0.1) is 0 Å². The first kappa shape index (κ1) is 16.2. The SMILES string of the molecule is Nc1ccc(N2CCNC(C3CC(n4cc(N)cn4)CCN3)C2)nc1. The smallest absolute Gasteiger partial charge is 0.128 e. The fraction of sp³-hybridized carbons (Fsp3) is 0.529. The Balaban J connectivity index is 1.42. The van der Waals surface area contributed by atoms with Gasteiger partial charge in [-0.3, -0.25) is 4.68 Å². The molecule has 2 fully saturated rings. The lowest BCUT2D eigenvalue weighted by atomic mass is 9.93. The van der Waals surface area contributed by atoms with E-state index in [-0.39, 0.29) is 0 Å². The monoisotopic (exact) mass is 342 g/mol. The molecule has 0 bridgehead atoms. The number of nitrogen functional groups attached to an aromatic ring is 2. The first-order valence-electron chi connectivity index (χ1n) is 8.92. The van der Waals surface area contributed by atoms with E-state index in [1.54, 1.807) is 12.4 Å². The van der Waals surface area contributed by atoms with Gasteiger partial charge < -0.3 is 27.0 Å². The molecule has 0 spiro atoms. The number of pyridine rings is 1. The highest BCUT2D eigenvalue weighted by atomic mass is 15.3. The first-order chi connectivity index (χ1) is 12.2. The molecule has 4 heterocycles. The van der Waals surface area contributed by atoms with Crippen molar-refractivity contribution in [2.75, 3.05) is 42.5 Å². The molecule has 4 rings (SSSR count). The second-order valence-electron chi connectivity index (χ2n) is 6.95. The van der Waals surface area contributed by atoms with Gasteiger partial charge in [-0.05, 0) is 31.5 Å². The molecule has 0 saturated carbocycles. The standard InChI is InChI=1S/C17H26N8/c18-12-1-2-17(22-8-12)24-6-5-21-16(11-24)15-7-14(3-4-20-15)25-10-13(19)9-23-25/h1-2,8-10,14-16,20-21H,3-7,11,18-19H2. The summed E-state index contributed by atoms with van der Waals surface area (Å²) >= 11 is 0. The maximum absolute atomic E-state index is 5.82. The molecule has 2 aromatic rings. The highest BCUT2D eigenvalue weighted by Crippen LogP contribution is 2.25. The number of rotatable bonds is 3. The number of aromatic nitrogens is 3. The predicted octanol–water partition coefficient (Wildman–Crippen LogP) is 0.214. The number of piperazine rings is 1. The van der Waals surface area contributed by atoms with Crippen molar-refractivity contribution >= 4 is 17.2 Å². The highest BCUT2D eigenvalue weighted by Gasteiger charge is 2.32. The van der Waals surface area contributed by atoms with Crippen molar-refractivity contribution in [3.05, 3.63) is 30.7 Å². The van der Waals surface area contributed by atoms with Crippen molar-refractivity contribution in [3.8, 4) is 0 Å². The molecule has 3 unspecified atom stereocenters. The van der Waals surface area contributed by atoms with Crippen molar-refractivity contribution in [1.82, 2.24) is 25.4 Å². The second-order valence-corrected chi connectivity index (χ2v) is 6.95. The average Bonchev–Trinajstić information content (AvgIpc) is 3.09. The number of nitrogens with two attached hydrogens (primary N) is 2. The Kier molecular flexibility index (Phi) is 4.46. The molecule has 8 heteroatoms. The Morgan fingerprint density at radius 1 is 1.04 bits per heavy atom. The van der Waals surface area contributed by atoms with Gasteiger partial charge in [0.05, 0.1) is 29.8 Å². The van der Waals surface area contributed by atoms with Crippen LogP contribution in [-0.2, 0) is 0 Å². The average molecular weight is 342 g/mol. The third-order valence-corrected chi connectivity index (χ3v) is 5.19. The van der Waals surface area contributed by atoms with Crippen LogP contribution in [0.2, 0.25) is 0 Å². The van der Waals surface area contributed by atoms with Crippen LogP contribution >= 0.6 is 0 Å². The summed E-state index contributed by atoms with van der Waals surface area (Å²) in [5, 5.41) is 11.7. The van der Waals surface area contributed by atoms with Crippen LogP contribution in [0, 0.1) is 0 Å². The van der Waals surface area contributed by atoms with Crippen molar-refractivity contribution < 1.29 is 0 Å². The lowest BCUT2D eigenvalue weighted by molar-refractivity contribution is 0.234. The van der Waals surface area contributed by atoms with Gasteiger partial charge in [0, 0.05) is 37.9 Å². The Morgan fingerprint density at radius 3 is 2.68 bits per heavy atom. The largest absolute Gasteiger partial charge is 0.397 e. The van der Waals surface area contributed by atoms with Crippen molar-refractivity contribution in [2.24, 2.45) is 0 Å². The van der Waals surface area contributed by atoms with Gasteiger partial charge in [0.2, 0.25) is 0 Å². The normalized spacial score (nSPS) is 27.4. The van der Waals surface area contributed by atoms with E-state index in [0.717, 1.165) is 50.5 Å². The fourth-order valence-electron chi connectivity index (χ4n) is 3.87. The summed E-state index contributed by atoms with van der Waals surface area (Å²) in [6, 6.07) is 5.09. The van der Waals surface area contributed by atoms with Gasteiger partial charge in [-0.1, -0.05) is 0 Å². The van der Waals surface area contributed by atoms with E-state index in [0.29, 0.717) is 23.8 Å². The number of hydrogen-bond acceptors (Lipinski definition) is 7. The highest BCUT2D eigenvalue weighted by molar-refractivity contribution is 5.46. The summed E-state index contributed by atoms with van der Waals surface area (Å²) in [6.45, 7) is 3.84. The lowest BCUT2D eigenvalue weighted by Crippen LogP contribution is -2.61. The van der Waals surface area contributed by atoms with Gasteiger partial charge >= 0.3 is 0 Å². The van der Waals surface area contributed by atoms with Crippen LogP contribution in [0.5, 0.6) is 0 Å². The molecule has 0 aromatic carbocycles. The zero-order chi connectivity index (χ0) is 17.2. The van der Waals surface area contributed by atoms with Crippen molar-refractivity contribution in [1.29, 1.82) is 0 Å². The van der Waals surface area contributed by atoms with Gasteiger partial charge in [-0.25, -0.2) is 4.98 Å². The van der Waals surface area contributed by atoms with Crippen LogP contribution in [0.15, 0.2) is 30.7 Å². The summed E-state index contributed by atoms with van der Waals surface area (Å²) in [5.41, 5.74) is 13.0. The molecule has 2 aliphatic rings. The van der Waals surface area contributed by atoms with E-state index in [4.69, 9.17) is 11.5 Å². The van der Waals surface area contributed by atoms with E-state index in [2.05, 4.69) is 25.6 Å². The fourth-order valence-corrected chi connectivity index (χ4v) is 3.87. The predicted molar refractivity (Wildman–Crippen MR) is 99.4 cm³/mol. The summed E-state index contributed by atoms with van der Waals surface area (Å²) < 4.78 is 2.02. The minimum absolute atomic E-state index is 0.379. The Morgan fingerprint density at radius 2 is 1.92 bits per heavy atom. The van der Waals surface area contributed by atoms with Gasteiger partial charge in [0.15, 0.2) is 0 Å². The minimum atomic E-state index is 0.379. The van der Waals surface area contributed by atoms with E-state index in [1.807, 2.05) is 23.0 Å². The Labute approximate surface area is 147 Å². The summed E-state index contributed by atoms with van der Waals surface area (Å²) in [5.74, 6) is 0.993. The summed E-state index contributed by atoms with van der Waals surface area (Å²) in [7, 11) is 0. The lowest BCUT2D eigenvalue weighted by Gasteiger charge is -2.41. The van der Waals surface area contributed by atoms with Crippen LogP contribution in [0.4, 0.5) is 17.2 Å². The van der Waals surface area contributed by atoms with Crippen LogP contribution in [-0.4, -0.2) is 53.0 Å². The van der Waals surface area contributed by atoms with Crippen molar-refractivity contribution in [3.63, 3.8) is 0 Å². The van der Waals surface area contributed by atoms with Crippen LogP contribution in [0.1, 0.15) is 18.9 Å². The van der Waals surface area contributed by atoms with Crippen LogP contribution in [0.25, 0.3) is 0 Å². The second kappa shape index (κ2) is 6.89. The molecule has 134 valence electrons. The molecule has 25 heavy (non-hydrogen) atoms. The molecule has 0 aliphatic carbocycles. The molecule has 6 N–H and O–H groups in total. The molecular formula is C17H26N8. The third kappa shape index (κ3) is 3.54. The van der Waals surface area contributed by atoms with E-state index in [1.165, 1.54) is 0 Å². The molecule has 3 atom stereocenters. The number of nitrogens with zero attached hydrogens (tertiary/aromatic N) is 4. The maximum atomic E-state index is 5.82. The Hall–Kier alpha value is -2.32. The van der Waals surface area contributed by atoms with E-state index < -0.39 is 0 Å². The number of piperidine rings is 1. The first-order valence-corrected chi connectivity index (χ1v) is 8.92. The molecule has 2 aromatic heterocycles. The van der Waals surface area contributed by atoms with Gasteiger partial charge in [0.25, 0.3) is 0 Å². The topological polar surface area (TPSA) is 110 Å². The summed E-state index contributed by atoms with van der Waals surface area (Å²) in [4.78, 5) is 6.80. The summed E-state index contributed by atoms with van der Waals surface area (Å²) in [6.07, 6.45) is 7.51. The van der Waals surface area contributed by atoms with Crippen LogP contribution < -0.4 is 27.0 Å². The van der Waals surface area contributed by atoms with E-state index in [9.17, 15) is 0 Å². The number of nitrogens with one attached hydrogen (secondary N) is 2. The van der Waals surface area contributed by atoms with E-state index >= 15 is 0 Å². The molecule has 8 nitrogen and oxygen atoms in total. The van der Waals surface area contributed by atoms with Crippen molar-refractivity contribution in [2.45, 2.75) is 31.0 Å². The zero-order valence-corrected chi connectivity index (χ0v) is 14.3.